The van der Waals surface area contributed by atoms with Crippen molar-refractivity contribution in [1.29, 1.82) is 0 Å². The molecule has 2 spiro atoms. The number of nitrogens with zero attached hydrogens (tertiary/aromatic N) is 3. The SMILES string of the molecule is CC(C)[C@@H](OC(=O)N1CCC1)[C@H]1C[C@@H](C)[C@H]2[C@H](O1)[C@H](O)[C@@]1(C)[C@@H]3CC[C@H]4C(C)(C)[C@@H](O[C@H]5CN(C(=O)CN6CCC6)CCO5)CCC45C[C@@]35CC[C@]21C. The van der Waals surface area contributed by atoms with Gasteiger partial charge in [-0.25, -0.2) is 4.79 Å². The third-order valence-corrected chi connectivity index (χ3v) is 18.2. The maximum atomic E-state index is 13.1. The molecule has 14 atom stereocenters. The van der Waals surface area contributed by atoms with Crippen LogP contribution >= 0.6 is 0 Å². The lowest BCUT2D eigenvalue weighted by Gasteiger charge is -2.64. The minimum atomic E-state index is -0.541. The third-order valence-electron chi connectivity index (χ3n) is 18.2. The molecule has 4 saturated heterocycles. The monoisotopic (exact) mass is 740 g/mol. The molecular weight excluding hydrogens is 670 g/mol. The second-order valence-corrected chi connectivity index (χ2v) is 20.9. The first-order valence-electron chi connectivity index (χ1n) is 21.7. The van der Waals surface area contributed by atoms with Crippen LogP contribution in [0, 0.1) is 56.7 Å². The summed E-state index contributed by atoms with van der Waals surface area (Å²) in [7, 11) is 0. The van der Waals surface area contributed by atoms with Crippen molar-refractivity contribution in [2.24, 2.45) is 56.7 Å². The van der Waals surface area contributed by atoms with E-state index in [2.05, 4.69) is 53.4 Å². The molecule has 10 nitrogen and oxygen atoms in total. The zero-order chi connectivity index (χ0) is 37.3. The maximum Gasteiger partial charge on any atom is 0.410 e. The Morgan fingerprint density at radius 3 is 2.30 bits per heavy atom. The summed E-state index contributed by atoms with van der Waals surface area (Å²) in [4.78, 5) is 32.0. The fourth-order valence-electron chi connectivity index (χ4n) is 15.0. The summed E-state index contributed by atoms with van der Waals surface area (Å²) >= 11 is 0. The Balaban J connectivity index is 0.910. The summed E-state index contributed by atoms with van der Waals surface area (Å²) in [6.45, 7) is 22.3. The number of amides is 2. The first kappa shape index (κ1) is 37.1. The number of carbonyl (C=O) groups excluding carboxylic acids is 2. The number of fused-ring (bicyclic) bond motifs is 4. The Labute approximate surface area is 318 Å². The van der Waals surface area contributed by atoms with E-state index >= 15 is 0 Å². The highest BCUT2D eigenvalue weighted by Crippen LogP contribution is 2.89. The largest absolute Gasteiger partial charge is 0.443 e. The number of rotatable bonds is 7. The van der Waals surface area contributed by atoms with Crippen molar-refractivity contribution >= 4 is 12.0 Å². The van der Waals surface area contributed by atoms with E-state index in [9.17, 15) is 14.7 Å². The van der Waals surface area contributed by atoms with Gasteiger partial charge in [0.25, 0.3) is 0 Å². The van der Waals surface area contributed by atoms with Crippen LogP contribution in [0.3, 0.4) is 0 Å². The van der Waals surface area contributed by atoms with Gasteiger partial charge in [-0.1, -0.05) is 48.5 Å². The van der Waals surface area contributed by atoms with Crippen molar-refractivity contribution in [3.8, 4) is 0 Å². The highest BCUT2D eigenvalue weighted by molar-refractivity contribution is 5.78. The van der Waals surface area contributed by atoms with E-state index in [4.69, 9.17) is 18.9 Å². The molecule has 53 heavy (non-hydrogen) atoms. The van der Waals surface area contributed by atoms with Gasteiger partial charge in [0.15, 0.2) is 6.29 Å². The number of hydrogen-bond donors (Lipinski definition) is 1. The van der Waals surface area contributed by atoms with E-state index in [0.29, 0.717) is 49.4 Å². The fourth-order valence-corrected chi connectivity index (χ4v) is 15.0. The van der Waals surface area contributed by atoms with E-state index in [1.54, 1.807) is 4.90 Å². The summed E-state index contributed by atoms with van der Waals surface area (Å²) < 4.78 is 26.3. The summed E-state index contributed by atoms with van der Waals surface area (Å²) in [5, 5.41) is 12.7. The number of morpholine rings is 1. The van der Waals surface area contributed by atoms with E-state index in [1.807, 2.05) is 4.90 Å². The molecule has 0 radical (unpaired) electrons. The van der Waals surface area contributed by atoms with E-state index in [0.717, 1.165) is 58.3 Å². The summed E-state index contributed by atoms with van der Waals surface area (Å²) in [6, 6.07) is 0. The Hall–Kier alpha value is -1.46. The molecule has 9 rings (SSSR count). The highest BCUT2D eigenvalue weighted by atomic mass is 16.7. The second-order valence-electron chi connectivity index (χ2n) is 20.9. The molecule has 298 valence electrons. The number of aliphatic hydroxyl groups is 1. The molecule has 1 unspecified atom stereocenters. The molecule has 0 aromatic heterocycles. The van der Waals surface area contributed by atoms with Crippen LogP contribution in [0.5, 0.6) is 0 Å². The number of carbonyl (C=O) groups is 2. The molecule has 4 aliphatic heterocycles. The Morgan fingerprint density at radius 1 is 0.906 bits per heavy atom. The lowest BCUT2D eigenvalue weighted by molar-refractivity contribution is -0.248. The van der Waals surface area contributed by atoms with Gasteiger partial charge >= 0.3 is 6.09 Å². The molecular formula is C43H69N3O7. The van der Waals surface area contributed by atoms with Gasteiger partial charge in [-0.3, -0.25) is 9.69 Å². The molecule has 5 aliphatic carbocycles. The van der Waals surface area contributed by atoms with Crippen LogP contribution in [0.4, 0.5) is 4.79 Å². The van der Waals surface area contributed by atoms with Gasteiger partial charge in [0.1, 0.15) is 6.10 Å². The van der Waals surface area contributed by atoms with Gasteiger partial charge < -0.3 is 33.9 Å². The Bertz CT molecular complexity index is 1450. The molecule has 1 N–H and O–H groups in total. The van der Waals surface area contributed by atoms with Crippen LogP contribution in [0.1, 0.15) is 113 Å². The molecule has 0 aromatic rings. The zero-order valence-corrected chi connectivity index (χ0v) is 33.8. The first-order chi connectivity index (χ1) is 25.2. The number of aliphatic hydroxyl groups excluding tert-OH is 1. The highest BCUT2D eigenvalue weighted by Gasteiger charge is 2.84. The second kappa shape index (κ2) is 12.8. The van der Waals surface area contributed by atoms with Crippen LogP contribution in [0.2, 0.25) is 0 Å². The average Bonchev–Trinajstić information content (AvgIpc) is 3.70. The number of likely N-dealkylation sites (tertiary alicyclic amines) is 2. The molecule has 9 aliphatic rings. The smallest absolute Gasteiger partial charge is 0.410 e. The predicted molar refractivity (Wildman–Crippen MR) is 200 cm³/mol. The van der Waals surface area contributed by atoms with Crippen LogP contribution in [0.15, 0.2) is 0 Å². The molecule has 10 heteroatoms. The minimum Gasteiger partial charge on any atom is -0.443 e. The summed E-state index contributed by atoms with van der Waals surface area (Å²) in [5.41, 5.74) is 0.306. The lowest BCUT2D eigenvalue weighted by atomic mass is 9.41. The van der Waals surface area contributed by atoms with Gasteiger partial charge in [0.2, 0.25) is 5.91 Å². The normalized spacial score (nSPS) is 49.0. The van der Waals surface area contributed by atoms with E-state index in [1.165, 1.54) is 32.1 Å². The molecule has 9 fully saturated rings. The maximum absolute atomic E-state index is 13.1. The molecule has 5 saturated carbocycles. The standard InChI is InChI=1S/C43H69N3O7/c1-26(2)35(53-38(49)45-18-9-19-45)28-22-27(3)34-36(51-28)37(48)41(7)30-11-10-29-39(4,5)31(12-13-42(29)25-43(30,42)15-14-40(34,41)6)52-33-24-46(20-21-50-33)32(47)23-44-16-8-17-44/h26-31,33-37,48H,8-25H2,1-7H3/t27-,28-,29+,30+,31+,33+,34+,35-,36+,37+,40-,41-,42?,43+/m1/s1. The third kappa shape index (κ3) is 5.25. The first-order valence-corrected chi connectivity index (χ1v) is 21.7. The van der Waals surface area contributed by atoms with Crippen LogP contribution in [0.25, 0.3) is 0 Å². The van der Waals surface area contributed by atoms with Crippen LogP contribution < -0.4 is 0 Å². The fraction of sp³-hybridized carbons (Fsp3) is 0.953. The summed E-state index contributed by atoms with van der Waals surface area (Å²) in [6.07, 6.45) is 9.49. The minimum absolute atomic E-state index is 0.00583. The Morgan fingerprint density at radius 2 is 1.62 bits per heavy atom. The van der Waals surface area contributed by atoms with Crippen molar-refractivity contribution in [3.63, 3.8) is 0 Å². The van der Waals surface area contributed by atoms with Gasteiger partial charge in [-0.15, -0.1) is 0 Å². The molecule has 2 amide bonds. The zero-order valence-electron chi connectivity index (χ0n) is 33.8. The number of ether oxygens (including phenoxy) is 4. The quantitative estimate of drug-likeness (QED) is 0.343. The van der Waals surface area contributed by atoms with Crippen molar-refractivity contribution in [3.05, 3.63) is 0 Å². The molecule has 0 aromatic carbocycles. The van der Waals surface area contributed by atoms with Crippen LogP contribution in [-0.4, -0.2) is 121 Å². The van der Waals surface area contributed by atoms with Gasteiger partial charge in [-0.2, -0.15) is 0 Å². The van der Waals surface area contributed by atoms with Gasteiger partial charge in [0.05, 0.1) is 44.1 Å². The van der Waals surface area contributed by atoms with Crippen molar-refractivity contribution in [1.82, 2.24) is 14.7 Å². The summed E-state index contributed by atoms with van der Waals surface area (Å²) in [5.74, 6) is 2.03. The topological polar surface area (TPSA) is 101 Å². The van der Waals surface area contributed by atoms with E-state index < -0.39 is 6.10 Å². The predicted octanol–water partition coefficient (Wildman–Crippen LogP) is 5.94. The average molecular weight is 740 g/mol. The van der Waals surface area contributed by atoms with Gasteiger partial charge in [-0.05, 0) is 129 Å². The van der Waals surface area contributed by atoms with Gasteiger partial charge in [0, 0.05) is 25.0 Å². The van der Waals surface area contributed by atoms with Crippen molar-refractivity contribution < 1.29 is 33.6 Å². The van der Waals surface area contributed by atoms with Crippen LogP contribution in [-0.2, 0) is 23.7 Å². The number of hydrogen-bond acceptors (Lipinski definition) is 8. The van der Waals surface area contributed by atoms with Crippen molar-refractivity contribution in [2.75, 3.05) is 52.4 Å². The Kier molecular flexibility index (Phi) is 8.95. The van der Waals surface area contributed by atoms with Crippen molar-refractivity contribution in [2.45, 2.75) is 149 Å². The molecule has 0 bridgehead atoms. The lowest BCUT2D eigenvalue weighted by Crippen LogP contribution is -2.60. The molecule has 4 heterocycles. The van der Waals surface area contributed by atoms with E-state index in [-0.39, 0.29) is 76.2 Å².